The molecule has 0 aliphatic carbocycles. The number of nitrogens with zero attached hydrogens (tertiary/aromatic N) is 1. The molecule has 0 amide bonds. The van der Waals surface area contributed by atoms with Gasteiger partial charge in [0.25, 0.3) is 0 Å². The summed E-state index contributed by atoms with van der Waals surface area (Å²) in [5.74, 6) is 0. The molecule has 0 spiro atoms. The van der Waals surface area contributed by atoms with Gasteiger partial charge in [-0.1, -0.05) is 6.07 Å². The summed E-state index contributed by atoms with van der Waals surface area (Å²) >= 11 is 3.54. The van der Waals surface area contributed by atoms with E-state index in [0.717, 1.165) is 18.5 Å². The van der Waals surface area contributed by atoms with Gasteiger partial charge in [-0.3, -0.25) is 0 Å². The van der Waals surface area contributed by atoms with Gasteiger partial charge >= 0.3 is 0 Å². The Labute approximate surface area is 104 Å². The molecule has 0 aromatic carbocycles. The highest BCUT2D eigenvalue weighted by Crippen LogP contribution is 2.19. The quantitative estimate of drug-likeness (QED) is 0.908. The van der Waals surface area contributed by atoms with Crippen LogP contribution in [0.1, 0.15) is 20.5 Å². The average Bonchev–Trinajstić information content (AvgIpc) is 2.78. The maximum absolute atomic E-state index is 6.13. The van der Waals surface area contributed by atoms with Gasteiger partial charge in [0.2, 0.25) is 0 Å². The molecule has 0 saturated heterocycles. The van der Waals surface area contributed by atoms with E-state index in [1.807, 2.05) is 0 Å². The second-order valence-corrected chi connectivity index (χ2v) is 6.32. The topological polar surface area (TPSA) is 38.9 Å². The van der Waals surface area contributed by atoms with E-state index >= 15 is 0 Å². The largest absolute Gasteiger partial charge is 0.327 e. The molecule has 2 aromatic heterocycles. The van der Waals surface area contributed by atoms with E-state index in [1.54, 1.807) is 22.7 Å². The van der Waals surface area contributed by atoms with Crippen LogP contribution in [0.15, 0.2) is 17.5 Å². The Morgan fingerprint density at radius 2 is 2.19 bits per heavy atom. The number of nitrogens with two attached hydrogens (primary N) is 1. The van der Waals surface area contributed by atoms with Crippen molar-refractivity contribution in [2.45, 2.75) is 32.7 Å². The predicted molar refractivity (Wildman–Crippen MR) is 71.3 cm³/mol. The SMILES string of the molecule is Cc1nc(CC(N)Cc2cccs2)sc1C. The van der Waals surface area contributed by atoms with Crippen molar-refractivity contribution in [1.29, 1.82) is 0 Å². The van der Waals surface area contributed by atoms with Crippen molar-refractivity contribution >= 4 is 22.7 Å². The lowest BCUT2D eigenvalue weighted by molar-refractivity contribution is 0.667. The first-order valence-corrected chi connectivity index (χ1v) is 7.05. The highest BCUT2D eigenvalue weighted by atomic mass is 32.1. The van der Waals surface area contributed by atoms with Crippen LogP contribution in [-0.4, -0.2) is 11.0 Å². The molecule has 2 N–H and O–H groups in total. The standard InChI is InChI=1S/C12H16N2S2/c1-8-9(2)16-12(14-8)7-10(13)6-11-4-3-5-15-11/h3-5,10H,6-7,13H2,1-2H3. The van der Waals surface area contributed by atoms with Crippen LogP contribution in [0.4, 0.5) is 0 Å². The Balaban J connectivity index is 1.94. The van der Waals surface area contributed by atoms with Crippen LogP contribution in [0.2, 0.25) is 0 Å². The van der Waals surface area contributed by atoms with E-state index in [-0.39, 0.29) is 6.04 Å². The molecule has 0 fully saturated rings. The molecule has 2 rings (SSSR count). The van der Waals surface area contributed by atoms with Gasteiger partial charge in [0, 0.05) is 22.2 Å². The molecule has 16 heavy (non-hydrogen) atoms. The summed E-state index contributed by atoms with van der Waals surface area (Å²) in [6, 6.07) is 4.40. The smallest absolute Gasteiger partial charge is 0.0946 e. The zero-order valence-electron chi connectivity index (χ0n) is 9.56. The molecule has 0 aliphatic heterocycles. The second-order valence-electron chi connectivity index (χ2n) is 4.00. The number of thiazole rings is 1. The monoisotopic (exact) mass is 252 g/mol. The molecule has 0 saturated carbocycles. The molecule has 0 aliphatic rings. The Kier molecular flexibility index (Phi) is 3.74. The Morgan fingerprint density at radius 1 is 1.38 bits per heavy atom. The zero-order chi connectivity index (χ0) is 11.5. The highest BCUT2D eigenvalue weighted by Gasteiger charge is 2.10. The number of aryl methyl sites for hydroxylation is 2. The van der Waals surface area contributed by atoms with Crippen LogP contribution < -0.4 is 5.73 Å². The maximum atomic E-state index is 6.13. The Bertz CT molecular complexity index is 426. The van der Waals surface area contributed by atoms with Crippen LogP contribution in [-0.2, 0) is 12.8 Å². The van der Waals surface area contributed by atoms with Gasteiger partial charge in [0.15, 0.2) is 0 Å². The minimum Gasteiger partial charge on any atom is -0.327 e. The average molecular weight is 252 g/mol. The molecule has 0 radical (unpaired) electrons. The molecular formula is C12H16N2S2. The fourth-order valence-electron chi connectivity index (χ4n) is 1.61. The lowest BCUT2D eigenvalue weighted by atomic mass is 10.1. The third-order valence-corrected chi connectivity index (χ3v) is 4.55. The van der Waals surface area contributed by atoms with Crippen molar-refractivity contribution < 1.29 is 0 Å². The fraction of sp³-hybridized carbons (Fsp3) is 0.417. The molecule has 1 unspecified atom stereocenters. The van der Waals surface area contributed by atoms with Gasteiger partial charge in [-0.25, -0.2) is 4.98 Å². The first-order valence-electron chi connectivity index (χ1n) is 5.36. The summed E-state index contributed by atoms with van der Waals surface area (Å²) in [6.07, 6.45) is 1.84. The van der Waals surface area contributed by atoms with Gasteiger partial charge in [0.05, 0.1) is 10.7 Å². The molecule has 2 aromatic rings. The number of rotatable bonds is 4. The highest BCUT2D eigenvalue weighted by molar-refractivity contribution is 7.11. The van der Waals surface area contributed by atoms with E-state index in [1.165, 1.54) is 14.8 Å². The minimum absolute atomic E-state index is 0.184. The Morgan fingerprint density at radius 3 is 2.75 bits per heavy atom. The molecule has 2 heterocycles. The fourth-order valence-corrected chi connectivity index (χ4v) is 3.44. The summed E-state index contributed by atoms with van der Waals surface area (Å²) < 4.78 is 0. The van der Waals surface area contributed by atoms with Crippen LogP contribution in [0.5, 0.6) is 0 Å². The lowest BCUT2D eigenvalue weighted by Gasteiger charge is -2.07. The van der Waals surface area contributed by atoms with Crippen LogP contribution in [0.25, 0.3) is 0 Å². The van der Waals surface area contributed by atoms with Crippen molar-refractivity contribution in [3.63, 3.8) is 0 Å². The predicted octanol–water partition coefficient (Wildman–Crippen LogP) is 2.93. The Hall–Kier alpha value is -0.710. The molecule has 2 nitrogen and oxygen atoms in total. The normalized spacial score (nSPS) is 12.9. The minimum atomic E-state index is 0.184. The number of thiophene rings is 1. The van der Waals surface area contributed by atoms with Crippen molar-refractivity contribution in [2.24, 2.45) is 5.73 Å². The van der Waals surface area contributed by atoms with Crippen molar-refractivity contribution in [2.75, 3.05) is 0 Å². The summed E-state index contributed by atoms with van der Waals surface area (Å²) in [5.41, 5.74) is 7.27. The zero-order valence-corrected chi connectivity index (χ0v) is 11.2. The lowest BCUT2D eigenvalue weighted by Crippen LogP contribution is -2.24. The number of aromatic nitrogens is 1. The first-order chi connectivity index (χ1) is 7.65. The van der Waals surface area contributed by atoms with E-state index in [0.29, 0.717) is 0 Å². The molecule has 1 atom stereocenters. The van der Waals surface area contributed by atoms with Crippen molar-refractivity contribution in [3.8, 4) is 0 Å². The number of hydrogen-bond donors (Lipinski definition) is 1. The number of hydrogen-bond acceptors (Lipinski definition) is 4. The van der Waals surface area contributed by atoms with E-state index in [2.05, 4.69) is 36.3 Å². The van der Waals surface area contributed by atoms with Crippen LogP contribution in [0, 0.1) is 13.8 Å². The molecule has 86 valence electrons. The first kappa shape index (κ1) is 11.8. The van der Waals surface area contributed by atoms with Crippen LogP contribution in [0.3, 0.4) is 0 Å². The van der Waals surface area contributed by atoms with Crippen molar-refractivity contribution in [3.05, 3.63) is 38.0 Å². The summed E-state index contributed by atoms with van der Waals surface area (Å²) in [4.78, 5) is 7.18. The molecular weight excluding hydrogens is 236 g/mol. The molecule has 0 bridgehead atoms. The van der Waals surface area contributed by atoms with Crippen LogP contribution >= 0.6 is 22.7 Å². The van der Waals surface area contributed by atoms with E-state index in [4.69, 9.17) is 5.73 Å². The van der Waals surface area contributed by atoms with Gasteiger partial charge in [0.1, 0.15) is 0 Å². The van der Waals surface area contributed by atoms with E-state index < -0.39 is 0 Å². The molecule has 4 heteroatoms. The van der Waals surface area contributed by atoms with Gasteiger partial charge in [-0.2, -0.15) is 0 Å². The second kappa shape index (κ2) is 5.08. The maximum Gasteiger partial charge on any atom is 0.0946 e. The van der Waals surface area contributed by atoms with E-state index in [9.17, 15) is 0 Å². The van der Waals surface area contributed by atoms with Gasteiger partial charge < -0.3 is 5.73 Å². The summed E-state index contributed by atoms with van der Waals surface area (Å²) in [6.45, 7) is 4.17. The summed E-state index contributed by atoms with van der Waals surface area (Å²) in [5, 5.41) is 3.26. The van der Waals surface area contributed by atoms with Gasteiger partial charge in [-0.05, 0) is 31.7 Å². The van der Waals surface area contributed by atoms with Crippen molar-refractivity contribution in [1.82, 2.24) is 4.98 Å². The third kappa shape index (κ3) is 2.90. The summed E-state index contributed by atoms with van der Waals surface area (Å²) in [7, 11) is 0. The van der Waals surface area contributed by atoms with Gasteiger partial charge in [-0.15, -0.1) is 22.7 Å². The third-order valence-electron chi connectivity index (χ3n) is 2.55.